The third-order valence-electron chi connectivity index (χ3n) is 11.6. The van der Waals surface area contributed by atoms with Gasteiger partial charge in [-0.3, -0.25) is 14.4 Å². The molecule has 0 radical (unpaired) electrons. The lowest BCUT2D eigenvalue weighted by Gasteiger charge is -2.18. The quantitative estimate of drug-likeness (QED) is 0.0262. The van der Waals surface area contributed by atoms with Crippen molar-refractivity contribution in [2.45, 2.75) is 284 Å². The number of carbonyl (C=O) groups excluding carboxylic acids is 3. The second-order valence-electron chi connectivity index (χ2n) is 17.8. The lowest BCUT2D eigenvalue weighted by atomic mass is 10.0. The molecular formula is C55H100O6. The minimum absolute atomic E-state index is 0.0775. The average molecular weight is 857 g/mol. The largest absolute Gasteiger partial charge is 0.462 e. The molecule has 0 bridgehead atoms. The zero-order valence-electron chi connectivity index (χ0n) is 40.7. The van der Waals surface area contributed by atoms with Crippen molar-refractivity contribution < 1.29 is 28.6 Å². The lowest BCUT2D eigenvalue weighted by molar-refractivity contribution is -0.167. The van der Waals surface area contributed by atoms with Crippen molar-refractivity contribution in [3.05, 3.63) is 36.5 Å². The highest BCUT2D eigenvalue weighted by atomic mass is 16.6. The highest BCUT2D eigenvalue weighted by Gasteiger charge is 2.19. The molecule has 0 N–H and O–H groups in total. The molecule has 0 aliphatic carbocycles. The van der Waals surface area contributed by atoms with Crippen LogP contribution in [-0.2, 0) is 28.6 Å². The Balaban J connectivity index is 4.35. The summed E-state index contributed by atoms with van der Waals surface area (Å²) >= 11 is 0. The predicted octanol–water partition coefficient (Wildman–Crippen LogP) is 17.3. The van der Waals surface area contributed by atoms with Crippen LogP contribution in [0.2, 0.25) is 0 Å². The standard InChI is InChI=1S/C55H100O6/c1-4-7-10-13-16-19-22-25-27-28-29-31-33-36-39-42-45-48-54(57)60-51-52(50-59-53(56)47-44-41-38-35-32-24-21-18-15-12-9-6-3)61-55(58)49-46-43-40-37-34-30-26-23-20-17-14-11-8-5-2/h14,17-18,21,23,26,52H,4-13,15-16,19-20,22,24-25,27-51H2,1-3H3/b17-14-,21-18-,26-23-. The van der Waals surface area contributed by atoms with Crippen LogP contribution in [-0.4, -0.2) is 37.2 Å². The van der Waals surface area contributed by atoms with Crippen molar-refractivity contribution in [1.82, 2.24) is 0 Å². The fourth-order valence-electron chi connectivity index (χ4n) is 7.57. The topological polar surface area (TPSA) is 78.9 Å². The van der Waals surface area contributed by atoms with Crippen LogP contribution in [0, 0.1) is 0 Å². The normalized spacial score (nSPS) is 12.2. The summed E-state index contributed by atoms with van der Waals surface area (Å²) in [6.45, 7) is 6.58. The van der Waals surface area contributed by atoms with E-state index in [1.54, 1.807) is 0 Å². The number of unbranched alkanes of at least 4 members (excludes halogenated alkanes) is 31. The van der Waals surface area contributed by atoms with Gasteiger partial charge in [-0.25, -0.2) is 0 Å². The molecule has 61 heavy (non-hydrogen) atoms. The molecule has 0 aromatic heterocycles. The van der Waals surface area contributed by atoms with Gasteiger partial charge in [0.1, 0.15) is 13.2 Å². The SMILES string of the molecule is CCCC/C=C\C/C=C\CCCCCCCC(=O)OC(COC(=O)CCCCCCC/C=C\CCCCC)COC(=O)CCCCCCCCCCCCCCCCCCC. The van der Waals surface area contributed by atoms with Crippen LogP contribution in [0.25, 0.3) is 0 Å². The monoisotopic (exact) mass is 857 g/mol. The summed E-state index contributed by atoms with van der Waals surface area (Å²) in [6.07, 6.45) is 58.4. The Morgan fingerprint density at radius 2 is 0.607 bits per heavy atom. The minimum atomic E-state index is -0.778. The van der Waals surface area contributed by atoms with Gasteiger partial charge in [0.2, 0.25) is 0 Å². The number of esters is 3. The number of allylic oxidation sites excluding steroid dienone is 6. The molecule has 0 rings (SSSR count). The van der Waals surface area contributed by atoms with Crippen LogP contribution in [0.1, 0.15) is 278 Å². The number of hydrogen-bond acceptors (Lipinski definition) is 6. The van der Waals surface area contributed by atoms with Gasteiger partial charge in [-0.1, -0.05) is 224 Å². The first-order valence-corrected chi connectivity index (χ1v) is 26.5. The molecule has 0 aromatic carbocycles. The zero-order valence-corrected chi connectivity index (χ0v) is 40.7. The molecule has 0 fully saturated rings. The van der Waals surface area contributed by atoms with Crippen molar-refractivity contribution in [2.75, 3.05) is 13.2 Å². The van der Waals surface area contributed by atoms with Gasteiger partial charge in [0.15, 0.2) is 6.10 Å². The van der Waals surface area contributed by atoms with Gasteiger partial charge in [-0.2, -0.15) is 0 Å². The fourth-order valence-corrected chi connectivity index (χ4v) is 7.57. The van der Waals surface area contributed by atoms with Gasteiger partial charge in [0, 0.05) is 19.3 Å². The minimum Gasteiger partial charge on any atom is -0.462 e. The van der Waals surface area contributed by atoms with Gasteiger partial charge in [0.05, 0.1) is 0 Å². The van der Waals surface area contributed by atoms with E-state index in [1.165, 1.54) is 148 Å². The van der Waals surface area contributed by atoms with Crippen molar-refractivity contribution in [3.63, 3.8) is 0 Å². The molecule has 6 heteroatoms. The number of hydrogen-bond donors (Lipinski definition) is 0. The molecule has 0 aromatic rings. The third-order valence-corrected chi connectivity index (χ3v) is 11.6. The van der Waals surface area contributed by atoms with Gasteiger partial charge in [0.25, 0.3) is 0 Å². The van der Waals surface area contributed by atoms with E-state index >= 15 is 0 Å². The molecule has 1 atom stereocenters. The zero-order chi connectivity index (χ0) is 44.4. The fraction of sp³-hybridized carbons (Fsp3) is 0.836. The molecule has 0 heterocycles. The van der Waals surface area contributed by atoms with Crippen LogP contribution < -0.4 is 0 Å². The first-order valence-electron chi connectivity index (χ1n) is 26.5. The summed E-state index contributed by atoms with van der Waals surface area (Å²) in [5.74, 6) is -0.890. The van der Waals surface area contributed by atoms with E-state index in [4.69, 9.17) is 14.2 Å². The molecule has 0 saturated carbocycles. The predicted molar refractivity (Wildman–Crippen MR) is 261 cm³/mol. The van der Waals surface area contributed by atoms with Crippen molar-refractivity contribution in [3.8, 4) is 0 Å². The van der Waals surface area contributed by atoms with E-state index in [0.717, 1.165) is 89.9 Å². The Labute approximate surface area is 378 Å². The number of rotatable bonds is 48. The van der Waals surface area contributed by atoms with Crippen LogP contribution in [0.3, 0.4) is 0 Å². The molecule has 1 unspecified atom stereocenters. The second-order valence-corrected chi connectivity index (χ2v) is 17.8. The summed E-state index contributed by atoms with van der Waals surface area (Å²) in [5.41, 5.74) is 0. The van der Waals surface area contributed by atoms with E-state index in [2.05, 4.69) is 57.2 Å². The van der Waals surface area contributed by atoms with Crippen molar-refractivity contribution in [2.24, 2.45) is 0 Å². The van der Waals surface area contributed by atoms with E-state index < -0.39 is 6.10 Å². The maximum atomic E-state index is 12.8. The highest BCUT2D eigenvalue weighted by molar-refractivity contribution is 5.71. The average Bonchev–Trinajstić information content (AvgIpc) is 3.26. The summed E-state index contributed by atoms with van der Waals surface area (Å²) in [4.78, 5) is 38.0. The van der Waals surface area contributed by atoms with Crippen molar-refractivity contribution >= 4 is 17.9 Å². The summed E-state index contributed by atoms with van der Waals surface area (Å²) in [6, 6.07) is 0. The number of carbonyl (C=O) groups is 3. The first-order chi connectivity index (χ1) is 30.0. The molecular weight excluding hydrogens is 757 g/mol. The van der Waals surface area contributed by atoms with Gasteiger partial charge < -0.3 is 14.2 Å². The molecule has 0 aliphatic rings. The van der Waals surface area contributed by atoms with Gasteiger partial charge >= 0.3 is 17.9 Å². The molecule has 6 nitrogen and oxygen atoms in total. The molecule has 0 saturated heterocycles. The molecule has 0 amide bonds. The maximum Gasteiger partial charge on any atom is 0.306 e. The second kappa shape index (κ2) is 50.3. The molecule has 356 valence electrons. The van der Waals surface area contributed by atoms with E-state index in [0.29, 0.717) is 19.3 Å². The maximum absolute atomic E-state index is 12.8. The van der Waals surface area contributed by atoms with Gasteiger partial charge in [-0.15, -0.1) is 0 Å². The van der Waals surface area contributed by atoms with Crippen LogP contribution >= 0.6 is 0 Å². The highest BCUT2D eigenvalue weighted by Crippen LogP contribution is 2.16. The van der Waals surface area contributed by atoms with E-state index in [1.807, 2.05) is 0 Å². The first kappa shape index (κ1) is 58.6. The summed E-state index contributed by atoms with van der Waals surface area (Å²) in [7, 11) is 0. The Morgan fingerprint density at radius 3 is 1.00 bits per heavy atom. The van der Waals surface area contributed by atoms with E-state index in [-0.39, 0.29) is 31.1 Å². The van der Waals surface area contributed by atoms with Crippen LogP contribution in [0.4, 0.5) is 0 Å². The van der Waals surface area contributed by atoms with E-state index in [9.17, 15) is 14.4 Å². The van der Waals surface area contributed by atoms with Crippen LogP contribution in [0.5, 0.6) is 0 Å². The Bertz CT molecular complexity index is 1030. The number of ether oxygens (including phenoxy) is 3. The Morgan fingerprint density at radius 1 is 0.328 bits per heavy atom. The van der Waals surface area contributed by atoms with Gasteiger partial charge in [-0.05, 0) is 70.6 Å². The molecule has 0 spiro atoms. The Hall–Kier alpha value is -2.37. The van der Waals surface area contributed by atoms with Crippen molar-refractivity contribution in [1.29, 1.82) is 0 Å². The summed E-state index contributed by atoms with van der Waals surface area (Å²) in [5, 5.41) is 0. The summed E-state index contributed by atoms with van der Waals surface area (Å²) < 4.78 is 16.8. The molecule has 0 aliphatic heterocycles. The smallest absolute Gasteiger partial charge is 0.306 e. The van der Waals surface area contributed by atoms with Crippen LogP contribution in [0.15, 0.2) is 36.5 Å². The Kier molecular flexibility index (Phi) is 48.3. The lowest BCUT2D eigenvalue weighted by Crippen LogP contribution is -2.30. The third kappa shape index (κ3) is 48.5.